The lowest BCUT2D eigenvalue weighted by Gasteiger charge is -2.05. The van der Waals surface area contributed by atoms with E-state index < -0.39 is 0 Å². The van der Waals surface area contributed by atoms with E-state index in [-0.39, 0.29) is 11.8 Å². The topological polar surface area (TPSA) is 85.3 Å². The van der Waals surface area contributed by atoms with Crippen molar-refractivity contribution in [2.75, 3.05) is 5.32 Å². The van der Waals surface area contributed by atoms with Crippen molar-refractivity contribution in [2.45, 2.75) is 20.4 Å². The summed E-state index contributed by atoms with van der Waals surface area (Å²) in [6, 6.07) is 13.7. The van der Waals surface area contributed by atoms with Crippen molar-refractivity contribution < 1.29 is 4.79 Å². The first-order chi connectivity index (χ1) is 11.1. The number of nitrogens with one attached hydrogen (secondary N) is 1. The highest BCUT2D eigenvalue weighted by Crippen LogP contribution is 2.21. The quantitative estimate of drug-likeness (QED) is 0.775. The first kappa shape index (κ1) is 15.2. The molecule has 0 aliphatic rings. The van der Waals surface area contributed by atoms with Gasteiger partial charge in [0.15, 0.2) is 5.65 Å². The zero-order valence-corrected chi connectivity index (χ0v) is 13.2. The van der Waals surface area contributed by atoms with Crippen molar-refractivity contribution in [2.24, 2.45) is 11.7 Å². The Morgan fingerprint density at radius 1 is 1.22 bits per heavy atom. The molecule has 2 aromatic heterocycles. The van der Waals surface area contributed by atoms with E-state index >= 15 is 0 Å². The summed E-state index contributed by atoms with van der Waals surface area (Å²) in [7, 11) is 0. The highest BCUT2D eigenvalue weighted by Gasteiger charge is 2.13. The third kappa shape index (κ3) is 3.07. The Bertz CT molecular complexity index is 836. The van der Waals surface area contributed by atoms with Crippen LogP contribution in [-0.2, 0) is 11.3 Å². The molecule has 23 heavy (non-hydrogen) atoms. The highest BCUT2D eigenvalue weighted by atomic mass is 16.2. The minimum Gasteiger partial charge on any atom is -0.326 e. The molecule has 0 atom stereocenters. The Balaban J connectivity index is 2.00. The van der Waals surface area contributed by atoms with E-state index in [4.69, 9.17) is 5.73 Å². The molecule has 118 valence electrons. The summed E-state index contributed by atoms with van der Waals surface area (Å²) < 4.78 is 1.73. The normalized spacial score (nSPS) is 11.1. The summed E-state index contributed by atoms with van der Waals surface area (Å²) in [6.45, 7) is 4.17. The fourth-order valence-electron chi connectivity index (χ4n) is 2.24. The Morgan fingerprint density at radius 2 is 1.96 bits per heavy atom. The minimum atomic E-state index is -0.120. The van der Waals surface area contributed by atoms with Gasteiger partial charge in [0.2, 0.25) is 11.9 Å². The van der Waals surface area contributed by atoms with Crippen LogP contribution < -0.4 is 11.1 Å². The van der Waals surface area contributed by atoms with Crippen molar-refractivity contribution in [3.8, 4) is 11.3 Å². The predicted octanol–water partition coefficient (Wildman–Crippen LogP) is 2.45. The Hall–Kier alpha value is -2.73. The van der Waals surface area contributed by atoms with E-state index in [1.165, 1.54) is 0 Å². The molecule has 0 fully saturated rings. The summed E-state index contributed by atoms with van der Waals surface area (Å²) in [5, 5.41) is 7.13. The SMILES string of the molecule is CC(C)C(=O)Nc1nc2cccc(-c3ccc(CN)cc3)n2n1. The van der Waals surface area contributed by atoms with Crippen LogP contribution in [0.1, 0.15) is 19.4 Å². The third-order valence-corrected chi connectivity index (χ3v) is 3.60. The Kier molecular flexibility index (Phi) is 4.08. The summed E-state index contributed by atoms with van der Waals surface area (Å²) in [5.74, 6) is 0.0920. The fraction of sp³-hybridized carbons (Fsp3) is 0.235. The van der Waals surface area contributed by atoms with Gasteiger partial charge in [-0.2, -0.15) is 4.98 Å². The first-order valence-electron chi connectivity index (χ1n) is 7.54. The summed E-state index contributed by atoms with van der Waals surface area (Å²) in [4.78, 5) is 16.2. The molecule has 0 unspecified atom stereocenters. The smallest absolute Gasteiger partial charge is 0.249 e. The van der Waals surface area contributed by atoms with Crippen LogP contribution in [0.2, 0.25) is 0 Å². The number of hydrogen-bond acceptors (Lipinski definition) is 4. The van der Waals surface area contributed by atoms with Crippen LogP contribution in [0, 0.1) is 5.92 Å². The minimum absolute atomic E-state index is 0.102. The average molecular weight is 309 g/mol. The number of nitrogens with two attached hydrogens (primary N) is 1. The van der Waals surface area contributed by atoms with E-state index in [0.29, 0.717) is 18.1 Å². The van der Waals surface area contributed by atoms with Crippen LogP contribution in [0.5, 0.6) is 0 Å². The second-order valence-electron chi connectivity index (χ2n) is 5.66. The molecule has 3 aromatic rings. The van der Waals surface area contributed by atoms with Gasteiger partial charge < -0.3 is 5.73 Å². The van der Waals surface area contributed by atoms with Crippen molar-refractivity contribution in [3.63, 3.8) is 0 Å². The molecule has 0 saturated heterocycles. The van der Waals surface area contributed by atoms with Gasteiger partial charge in [-0.15, -0.1) is 5.10 Å². The number of anilines is 1. The van der Waals surface area contributed by atoms with Crippen LogP contribution in [0.3, 0.4) is 0 Å². The number of hydrogen-bond donors (Lipinski definition) is 2. The van der Waals surface area contributed by atoms with E-state index in [1.54, 1.807) is 4.52 Å². The zero-order chi connectivity index (χ0) is 16.4. The third-order valence-electron chi connectivity index (χ3n) is 3.60. The predicted molar refractivity (Wildman–Crippen MR) is 89.8 cm³/mol. The van der Waals surface area contributed by atoms with Crippen LogP contribution in [0.15, 0.2) is 42.5 Å². The second kappa shape index (κ2) is 6.18. The van der Waals surface area contributed by atoms with Crippen LogP contribution in [0.4, 0.5) is 5.95 Å². The largest absolute Gasteiger partial charge is 0.326 e. The van der Waals surface area contributed by atoms with Crippen molar-refractivity contribution in [1.29, 1.82) is 0 Å². The zero-order valence-electron chi connectivity index (χ0n) is 13.2. The molecule has 0 radical (unpaired) electrons. The standard InChI is InChI=1S/C17H19N5O/c1-11(2)16(23)20-17-19-15-5-3-4-14(22(15)21-17)13-8-6-12(10-18)7-9-13/h3-9,11H,10,18H2,1-2H3,(H,20,21,23). The molecule has 6 heteroatoms. The van der Waals surface area contributed by atoms with Gasteiger partial charge in [-0.1, -0.05) is 44.2 Å². The van der Waals surface area contributed by atoms with Gasteiger partial charge in [-0.25, -0.2) is 4.52 Å². The molecular weight excluding hydrogens is 290 g/mol. The lowest BCUT2D eigenvalue weighted by atomic mass is 10.1. The molecule has 3 rings (SSSR count). The van der Waals surface area contributed by atoms with Crippen molar-refractivity contribution in [1.82, 2.24) is 14.6 Å². The molecule has 0 spiro atoms. The number of carbonyl (C=O) groups is 1. The van der Waals surface area contributed by atoms with Gasteiger partial charge in [-0.05, 0) is 17.7 Å². The average Bonchev–Trinajstić information content (AvgIpc) is 2.97. The summed E-state index contributed by atoms with van der Waals surface area (Å²) >= 11 is 0. The van der Waals surface area contributed by atoms with E-state index in [9.17, 15) is 4.79 Å². The van der Waals surface area contributed by atoms with Gasteiger partial charge in [0.05, 0.1) is 5.69 Å². The second-order valence-corrected chi connectivity index (χ2v) is 5.66. The number of rotatable bonds is 4. The van der Waals surface area contributed by atoms with E-state index in [1.807, 2.05) is 56.3 Å². The lowest BCUT2D eigenvalue weighted by molar-refractivity contribution is -0.118. The first-order valence-corrected chi connectivity index (χ1v) is 7.54. The van der Waals surface area contributed by atoms with Gasteiger partial charge >= 0.3 is 0 Å². The van der Waals surface area contributed by atoms with Gasteiger partial charge in [0, 0.05) is 18.0 Å². The lowest BCUT2D eigenvalue weighted by Crippen LogP contribution is -2.18. The molecule has 3 N–H and O–H groups in total. The maximum absolute atomic E-state index is 11.8. The summed E-state index contributed by atoms with van der Waals surface area (Å²) in [6.07, 6.45) is 0. The van der Waals surface area contributed by atoms with Crippen LogP contribution >= 0.6 is 0 Å². The number of carbonyl (C=O) groups excluding carboxylic acids is 1. The van der Waals surface area contributed by atoms with E-state index in [0.717, 1.165) is 16.8 Å². The summed E-state index contributed by atoms with van der Waals surface area (Å²) in [5.41, 5.74) is 9.31. The van der Waals surface area contributed by atoms with Crippen molar-refractivity contribution in [3.05, 3.63) is 48.0 Å². The van der Waals surface area contributed by atoms with Gasteiger partial charge in [-0.3, -0.25) is 10.1 Å². The van der Waals surface area contributed by atoms with Crippen LogP contribution in [-0.4, -0.2) is 20.5 Å². The Morgan fingerprint density at radius 3 is 2.61 bits per heavy atom. The molecule has 1 aromatic carbocycles. The van der Waals surface area contributed by atoms with E-state index in [2.05, 4.69) is 15.4 Å². The highest BCUT2D eigenvalue weighted by molar-refractivity contribution is 5.90. The molecule has 0 saturated carbocycles. The molecule has 0 aliphatic carbocycles. The number of aromatic nitrogens is 3. The van der Waals surface area contributed by atoms with Gasteiger partial charge in [0.25, 0.3) is 0 Å². The monoisotopic (exact) mass is 309 g/mol. The molecule has 0 aliphatic heterocycles. The molecular formula is C17H19N5O. The number of pyridine rings is 1. The number of nitrogens with zero attached hydrogens (tertiary/aromatic N) is 3. The molecule has 1 amide bonds. The number of amides is 1. The van der Waals surface area contributed by atoms with Gasteiger partial charge in [0.1, 0.15) is 0 Å². The number of fused-ring (bicyclic) bond motifs is 1. The molecule has 2 heterocycles. The molecule has 6 nitrogen and oxygen atoms in total. The number of benzene rings is 1. The maximum Gasteiger partial charge on any atom is 0.249 e. The van der Waals surface area contributed by atoms with Crippen LogP contribution in [0.25, 0.3) is 16.9 Å². The van der Waals surface area contributed by atoms with Crippen molar-refractivity contribution >= 4 is 17.5 Å². The Labute approximate surface area is 134 Å². The fourth-order valence-corrected chi connectivity index (χ4v) is 2.24. The molecule has 0 bridgehead atoms. The maximum atomic E-state index is 11.8.